The summed E-state index contributed by atoms with van der Waals surface area (Å²) in [6.45, 7) is 0. The van der Waals surface area contributed by atoms with Gasteiger partial charge in [-0.05, 0) is 79.0 Å². The van der Waals surface area contributed by atoms with Gasteiger partial charge < -0.3 is 4.90 Å². The molecule has 10 aromatic rings. The van der Waals surface area contributed by atoms with Crippen molar-refractivity contribution in [1.82, 2.24) is 0 Å². The van der Waals surface area contributed by atoms with Gasteiger partial charge in [0.15, 0.2) is 0 Å². The minimum absolute atomic E-state index is 1.14. The van der Waals surface area contributed by atoms with Gasteiger partial charge in [-0.2, -0.15) is 0 Å². The highest BCUT2D eigenvalue weighted by atomic mass is 32.1. The van der Waals surface area contributed by atoms with Crippen LogP contribution in [0.1, 0.15) is 0 Å². The van der Waals surface area contributed by atoms with Crippen molar-refractivity contribution in [3.05, 3.63) is 176 Å². The Morgan fingerprint density at radius 1 is 0.375 bits per heavy atom. The van der Waals surface area contributed by atoms with Crippen molar-refractivity contribution in [2.75, 3.05) is 4.90 Å². The van der Waals surface area contributed by atoms with Crippen LogP contribution in [-0.2, 0) is 0 Å². The van der Waals surface area contributed by atoms with Crippen LogP contribution in [0.3, 0.4) is 0 Å². The summed E-state index contributed by atoms with van der Waals surface area (Å²) >= 11 is 1.89. The van der Waals surface area contributed by atoms with Crippen molar-refractivity contribution >= 4 is 91.7 Å². The number of benzene rings is 9. The molecule has 0 aliphatic carbocycles. The van der Waals surface area contributed by atoms with Crippen LogP contribution in [-0.4, -0.2) is 0 Å². The minimum atomic E-state index is 1.14. The predicted molar refractivity (Wildman–Crippen MR) is 209 cm³/mol. The van der Waals surface area contributed by atoms with Gasteiger partial charge in [-0.3, -0.25) is 0 Å². The van der Waals surface area contributed by atoms with E-state index >= 15 is 0 Å². The Kier molecular flexibility index (Phi) is 6.12. The highest BCUT2D eigenvalue weighted by Gasteiger charge is 2.23. The molecular formula is C46H29NS. The quantitative estimate of drug-likeness (QED) is 0.176. The number of nitrogens with zero attached hydrogens (tertiary/aromatic N) is 1. The molecule has 1 aromatic heterocycles. The van der Waals surface area contributed by atoms with E-state index in [2.05, 4.69) is 181 Å². The number of hydrogen-bond donors (Lipinski definition) is 0. The lowest BCUT2D eigenvalue weighted by molar-refractivity contribution is 1.31. The Hall–Kier alpha value is -5.96. The van der Waals surface area contributed by atoms with Crippen LogP contribution in [0.5, 0.6) is 0 Å². The Bertz CT molecular complexity index is 2850. The van der Waals surface area contributed by atoms with Gasteiger partial charge in [-0.1, -0.05) is 146 Å². The fourth-order valence-corrected chi connectivity index (χ4v) is 8.85. The average Bonchev–Trinajstić information content (AvgIpc) is 3.55. The van der Waals surface area contributed by atoms with E-state index in [1.807, 2.05) is 11.3 Å². The molecule has 0 spiro atoms. The zero-order chi connectivity index (χ0) is 31.6. The van der Waals surface area contributed by atoms with Crippen LogP contribution in [0.15, 0.2) is 176 Å². The lowest BCUT2D eigenvalue weighted by Gasteiger charge is -2.29. The molecule has 0 aliphatic rings. The van der Waals surface area contributed by atoms with Crippen molar-refractivity contribution < 1.29 is 0 Å². The first kappa shape index (κ1) is 27.2. The Morgan fingerprint density at radius 3 is 1.83 bits per heavy atom. The Balaban J connectivity index is 1.31. The molecule has 0 atom stereocenters. The largest absolute Gasteiger partial charge is 0.308 e. The lowest BCUT2D eigenvalue weighted by Crippen LogP contribution is -2.11. The number of fused-ring (bicyclic) bond motifs is 10. The molecule has 1 heterocycles. The topological polar surface area (TPSA) is 3.24 Å². The second-order valence-corrected chi connectivity index (χ2v) is 13.5. The van der Waals surface area contributed by atoms with Gasteiger partial charge in [0, 0.05) is 26.7 Å². The first-order valence-electron chi connectivity index (χ1n) is 16.4. The number of hydrogen-bond acceptors (Lipinski definition) is 2. The summed E-state index contributed by atoms with van der Waals surface area (Å²) in [5, 5.41) is 12.8. The predicted octanol–water partition coefficient (Wildman–Crippen LogP) is 13.8. The van der Waals surface area contributed by atoms with Crippen molar-refractivity contribution in [3.8, 4) is 11.1 Å². The summed E-state index contributed by atoms with van der Waals surface area (Å²) in [7, 11) is 0. The van der Waals surface area contributed by atoms with E-state index < -0.39 is 0 Å². The maximum Gasteiger partial charge on any atom is 0.0647 e. The van der Waals surface area contributed by atoms with Gasteiger partial charge in [-0.25, -0.2) is 0 Å². The molecule has 0 unspecified atom stereocenters. The van der Waals surface area contributed by atoms with Gasteiger partial charge >= 0.3 is 0 Å². The highest BCUT2D eigenvalue weighted by Crippen LogP contribution is 2.50. The molecule has 0 N–H and O–H groups in total. The van der Waals surface area contributed by atoms with Crippen LogP contribution in [0.2, 0.25) is 0 Å². The molecule has 0 radical (unpaired) electrons. The van der Waals surface area contributed by atoms with E-state index in [1.54, 1.807) is 0 Å². The van der Waals surface area contributed by atoms with E-state index in [0.29, 0.717) is 0 Å². The molecule has 0 fully saturated rings. The summed E-state index contributed by atoms with van der Waals surface area (Å²) < 4.78 is 2.60. The lowest BCUT2D eigenvalue weighted by atomic mass is 9.95. The fourth-order valence-electron chi connectivity index (χ4n) is 7.62. The van der Waals surface area contributed by atoms with Crippen LogP contribution >= 0.6 is 11.3 Å². The van der Waals surface area contributed by atoms with Gasteiger partial charge in [0.25, 0.3) is 0 Å². The fraction of sp³-hybridized carbons (Fsp3) is 0. The summed E-state index contributed by atoms with van der Waals surface area (Å²) in [6.07, 6.45) is 0. The number of rotatable bonds is 4. The Morgan fingerprint density at radius 2 is 0.979 bits per heavy atom. The van der Waals surface area contributed by atoms with Crippen molar-refractivity contribution in [2.45, 2.75) is 0 Å². The summed E-state index contributed by atoms with van der Waals surface area (Å²) in [6, 6.07) is 64.5. The first-order valence-corrected chi connectivity index (χ1v) is 17.3. The molecule has 0 bridgehead atoms. The van der Waals surface area contributed by atoms with Crippen molar-refractivity contribution in [2.24, 2.45) is 0 Å². The molecule has 0 saturated heterocycles. The van der Waals surface area contributed by atoms with Crippen LogP contribution in [0.25, 0.3) is 74.4 Å². The number of thiophene rings is 1. The minimum Gasteiger partial charge on any atom is -0.308 e. The smallest absolute Gasteiger partial charge is 0.0647 e. The van der Waals surface area contributed by atoms with Gasteiger partial charge in [0.05, 0.1) is 16.1 Å². The van der Waals surface area contributed by atoms with Crippen LogP contribution in [0.4, 0.5) is 17.1 Å². The van der Waals surface area contributed by atoms with E-state index in [-0.39, 0.29) is 0 Å². The summed E-state index contributed by atoms with van der Waals surface area (Å²) in [4.78, 5) is 2.50. The first-order chi connectivity index (χ1) is 23.8. The monoisotopic (exact) mass is 627 g/mol. The molecular weight excluding hydrogens is 599 g/mol. The number of para-hydroxylation sites is 1. The van der Waals surface area contributed by atoms with Gasteiger partial charge in [-0.15, -0.1) is 11.3 Å². The third kappa shape index (κ3) is 4.17. The number of anilines is 3. The zero-order valence-corrected chi connectivity index (χ0v) is 26.9. The normalized spacial score (nSPS) is 11.8. The van der Waals surface area contributed by atoms with Gasteiger partial charge in [0.2, 0.25) is 0 Å². The maximum atomic E-state index is 2.50. The third-order valence-electron chi connectivity index (χ3n) is 9.79. The second-order valence-electron chi connectivity index (χ2n) is 12.5. The molecule has 0 aliphatic heterocycles. The van der Waals surface area contributed by atoms with Crippen molar-refractivity contribution in [1.29, 1.82) is 0 Å². The van der Waals surface area contributed by atoms with E-state index in [0.717, 1.165) is 11.4 Å². The second kappa shape index (κ2) is 10.8. The van der Waals surface area contributed by atoms with E-state index in [9.17, 15) is 0 Å². The molecule has 10 rings (SSSR count). The van der Waals surface area contributed by atoms with E-state index in [4.69, 9.17) is 0 Å². The SMILES string of the molecule is c1ccc(-c2ccccc2N(c2ccc3c(ccc4ccc5ccccc5c43)c2)c2cc3ccccc3c3c2sc2ccccc23)cc1. The Labute approximate surface area is 282 Å². The maximum absolute atomic E-state index is 2.50. The van der Waals surface area contributed by atoms with Crippen LogP contribution in [0, 0.1) is 0 Å². The molecule has 9 aromatic carbocycles. The molecule has 0 saturated carbocycles. The standard InChI is InChI=1S/C46H29NS/c1-2-12-30(13-3-1)36-16-8-10-20-41(36)47(42-29-33-15-5-7-18-38(33)45-40-19-9-11-21-43(40)48-46(42)45)35-26-27-39-34(28-35)25-24-32-23-22-31-14-4-6-17-37(31)44(32)39/h1-29H. The molecule has 224 valence electrons. The summed E-state index contributed by atoms with van der Waals surface area (Å²) in [5.41, 5.74) is 5.89. The molecule has 1 nitrogen and oxygen atoms in total. The van der Waals surface area contributed by atoms with Crippen molar-refractivity contribution in [3.63, 3.8) is 0 Å². The molecule has 48 heavy (non-hydrogen) atoms. The van der Waals surface area contributed by atoms with Gasteiger partial charge in [0.1, 0.15) is 0 Å². The van der Waals surface area contributed by atoms with E-state index in [1.165, 1.54) is 80.1 Å². The summed E-state index contributed by atoms with van der Waals surface area (Å²) in [5.74, 6) is 0. The molecule has 0 amide bonds. The average molecular weight is 628 g/mol. The van der Waals surface area contributed by atoms with Crippen LogP contribution < -0.4 is 4.90 Å². The third-order valence-corrected chi connectivity index (χ3v) is 11.0. The zero-order valence-electron chi connectivity index (χ0n) is 26.1. The molecule has 2 heteroatoms. The highest BCUT2D eigenvalue weighted by molar-refractivity contribution is 7.26.